The Balaban J connectivity index is 1.60. The maximum Gasteiger partial charge on any atom is 0.258 e. The standard InChI is InChI=1S/C27H25ClN2O2/c1-17-7-4-5-9-22(17)26(31)29-21-11-12-23(19(3)15-21)27(32)30-14-6-8-18(2)24-16-20(28)10-13-25(24)30/h4-5,7,9-13,15-16H,2,6,8,14H2,1,3H3,(H,29,31). The molecule has 1 aliphatic rings. The number of nitrogens with zero attached hydrogens (tertiary/aromatic N) is 1. The third-order valence-electron chi connectivity index (χ3n) is 5.84. The number of halogens is 1. The van der Waals surface area contributed by atoms with Crippen molar-refractivity contribution in [2.75, 3.05) is 16.8 Å². The topological polar surface area (TPSA) is 49.4 Å². The molecule has 0 radical (unpaired) electrons. The highest BCUT2D eigenvalue weighted by Gasteiger charge is 2.25. The first-order valence-corrected chi connectivity index (χ1v) is 11.0. The van der Waals surface area contributed by atoms with E-state index < -0.39 is 0 Å². The lowest BCUT2D eigenvalue weighted by Gasteiger charge is -2.24. The molecule has 4 rings (SSSR count). The Bertz CT molecular complexity index is 1230. The first kappa shape index (κ1) is 21.8. The van der Waals surface area contributed by atoms with E-state index in [0.717, 1.165) is 40.8 Å². The van der Waals surface area contributed by atoms with Crippen LogP contribution in [0.2, 0.25) is 5.02 Å². The van der Waals surface area contributed by atoms with E-state index in [1.807, 2.05) is 50.2 Å². The molecule has 3 aromatic rings. The minimum atomic E-state index is -0.168. The molecule has 32 heavy (non-hydrogen) atoms. The number of fused-ring (bicyclic) bond motifs is 1. The first-order chi connectivity index (χ1) is 15.3. The van der Waals surface area contributed by atoms with Crippen molar-refractivity contribution in [3.8, 4) is 0 Å². The number of nitrogens with one attached hydrogen (secondary N) is 1. The number of aryl methyl sites for hydroxylation is 2. The van der Waals surface area contributed by atoms with Crippen molar-refractivity contribution in [3.63, 3.8) is 0 Å². The Morgan fingerprint density at radius 2 is 1.75 bits per heavy atom. The summed E-state index contributed by atoms with van der Waals surface area (Å²) in [5, 5.41) is 3.56. The predicted octanol–water partition coefficient (Wildman–Crippen LogP) is 6.66. The molecule has 0 saturated heterocycles. The van der Waals surface area contributed by atoms with Gasteiger partial charge in [0.05, 0.1) is 5.69 Å². The molecule has 0 aromatic heterocycles. The molecular formula is C27H25ClN2O2. The number of allylic oxidation sites excluding steroid dienone is 1. The van der Waals surface area contributed by atoms with Gasteiger partial charge in [0.15, 0.2) is 0 Å². The lowest BCUT2D eigenvalue weighted by molar-refractivity contribution is 0.0985. The van der Waals surface area contributed by atoms with Gasteiger partial charge in [-0.2, -0.15) is 0 Å². The van der Waals surface area contributed by atoms with Crippen LogP contribution in [0.5, 0.6) is 0 Å². The minimum absolute atomic E-state index is 0.0717. The van der Waals surface area contributed by atoms with E-state index in [-0.39, 0.29) is 11.8 Å². The fourth-order valence-electron chi connectivity index (χ4n) is 4.10. The molecule has 1 N–H and O–H groups in total. The quantitative estimate of drug-likeness (QED) is 0.490. The molecule has 162 valence electrons. The summed E-state index contributed by atoms with van der Waals surface area (Å²) in [6.07, 6.45) is 1.65. The smallest absolute Gasteiger partial charge is 0.258 e. The second kappa shape index (κ2) is 9.01. The number of hydrogen-bond acceptors (Lipinski definition) is 2. The highest BCUT2D eigenvalue weighted by molar-refractivity contribution is 6.31. The van der Waals surface area contributed by atoms with Gasteiger partial charge in [-0.1, -0.05) is 36.4 Å². The molecule has 1 aliphatic heterocycles. The Hall–Kier alpha value is -3.37. The first-order valence-electron chi connectivity index (χ1n) is 10.6. The largest absolute Gasteiger partial charge is 0.322 e. The maximum atomic E-state index is 13.5. The second-order valence-corrected chi connectivity index (χ2v) is 8.56. The summed E-state index contributed by atoms with van der Waals surface area (Å²) in [7, 11) is 0. The number of hydrogen-bond donors (Lipinski definition) is 1. The van der Waals surface area contributed by atoms with E-state index in [1.165, 1.54) is 0 Å². The van der Waals surface area contributed by atoms with Gasteiger partial charge in [0.1, 0.15) is 0 Å². The highest BCUT2D eigenvalue weighted by atomic mass is 35.5. The van der Waals surface area contributed by atoms with Crippen molar-refractivity contribution >= 4 is 40.4 Å². The molecule has 3 aromatic carbocycles. The highest BCUT2D eigenvalue weighted by Crippen LogP contribution is 2.35. The Morgan fingerprint density at radius 3 is 2.50 bits per heavy atom. The number of carbonyl (C=O) groups excluding carboxylic acids is 2. The number of rotatable bonds is 3. The SMILES string of the molecule is C=C1CCCN(C(=O)c2ccc(NC(=O)c3ccccc3C)cc2C)c2ccc(Cl)cc21. The van der Waals surface area contributed by atoms with Crippen LogP contribution in [0.15, 0.2) is 67.2 Å². The summed E-state index contributed by atoms with van der Waals surface area (Å²) >= 11 is 6.20. The van der Waals surface area contributed by atoms with E-state index in [1.54, 1.807) is 29.2 Å². The monoisotopic (exact) mass is 444 g/mol. The van der Waals surface area contributed by atoms with Crippen LogP contribution in [0.1, 0.15) is 50.2 Å². The van der Waals surface area contributed by atoms with Gasteiger partial charge in [-0.05, 0) is 85.9 Å². The van der Waals surface area contributed by atoms with E-state index in [4.69, 9.17) is 11.6 Å². The predicted molar refractivity (Wildman–Crippen MR) is 132 cm³/mol. The molecule has 0 spiro atoms. The van der Waals surface area contributed by atoms with Gasteiger partial charge in [-0.3, -0.25) is 9.59 Å². The lowest BCUT2D eigenvalue weighted by Crippen LogP contribution is -2.32. The van der Waals surface area contributed by atoms with Crippen molar-refractivity contribution in [1.29, 1.82) is 0 Å². The number of amides is 2. The van der Waals surface area contributed by atoms with Gasteiger partial charge >= 0.3 is 0 Å². The summed E-state index contributed by atoms with van der Waals surface area (Å²) in [6.45, 7) is 8.57. The van der Waals surface area contributed by atoms with Crippen molar-refractivity contribution < 1.29 is 9.59 Å². The maximum absolute atomic E-state index is 13.5. The van der Waals surface area contributed by atoms with Crippen LogP contribution in [0, 0.1) is 13.8 Å². The fraction of sp³-hybridized carbons (Fsp3) is 0.185. The molecule has 0 fully saturated rings. The Labute approximate surface area is 193 Å². The van der Waals surface area contributed by atoms with Crippen LogP contribution in [-0.4, -0.2) is 18.4 Å². The second-order valence-electron chi connectivity index (χ2n) is 8.12. The normalized spacial score (nSPS) is 13.3. The summed E-state index contributed by atoms with van der Waals surface area (Å²) in [5.74, 6) is -0.240. The molecule has 0 unspecified atom stereocenters. The minimum Gasteiger partial charge on any atom is -0.322 e. The summed E-state index contributed by atoms with van der Waals surface area (Å²) in [6, 6.07) is 18.4. The Kier molecular flexibility index (Phi) is 6.15. The van der Waals surface area contributed by atoms with Crippen LogP contribution in [0.4, 0.5) is 11.4 Å². The van der Waals surface area contributed by atoms with Crippen molar-refractivity contribution in [3.05, 3.63) is 100 Å². The molecule has 2 amide bonds. The molecule has 0 bridgehead atoms. The van der Waals surface area contributed by atoms with Crippen LogP contribution in [0.25, 0.3) is 5.57 Å². The van der Waals surface area contributed by atoms with Crippen LogP contribution < -0.4 is 10.2 Å². The van der Waals surface area contributed by atoms with E-state index >= 15 is 0 Å². The van der Waals surface area contributed by atoms with Gasteiger partial charge in [0, 0.05) is 33.9 Å². The number of benzene rings is 3. The van der Waals surface area contributed by atoms with Crippen molar-refractivity contribution in [1.82, 2.24) is 0 Å². The van der Waals surface area contributed by atoms with Gasteiger partial charge in [0.25, 0.3) is 11.8 Å². The van der Waals surface area contributed by atoms with Crippen molar-refractivity contribution in [2.45, 2.75) is 26.7 Å². The van der Waals surface area contributed by atoms with Gasteiger partial charge in [-0.25, -0.2) is 0 Å². The summed E-state index contributed by atoms with van der Waals surface area (Å²) in [5.41, 5.74) is 6.35. The lowest BCUT2D eigenvalue weighted by atomic mass is 10.0. The van der Waals surface area contributed by atoms with Gasteiger partial charge < -0.3 is 10.2 Å². The molecule has 0 atom stereocenters. The third kappa shape index (κ3) is 4.32. The van der Waals surface area contributed by atoms with E-state index in [2.05, 4.69) is 11.9 Å². The van der Waals surface area contributed by atoms with Crippen LogP contribution in [-0.2, 0) is 0 Å². The molecule has 5 heteroatoms. The van der Waals surface area contributed by atoms with Crippen LogP contribution in [0.3, 0.4) is 0 Å². The zero-order valence-electron chi connectivity index (χ0n) is 18.2. The zero-order valence-corrected chi connectivity index (χ0v) is 19.0. The molecule has 4 nitrogen and oxygen atoms in total. The van der Waals surface area contributed by atoms with Gasteiger partial charge in [0.2, 0.25) is 0 Å². The summed E-state index contributed by atoms with van der Waals surface area (Å²) in [4.78, 5) is 27.9. The molecule has 0 saturated carbocycles. The number of anilines is 2. The average molecular weight is 445 g/mol. The van der Waals surface area contributed by atoms with E-state index in [0.29, 0.717) is 28.4 Å². The van der Waals surface area contributed by atoms with Crippen molar-refractivity contribution in [2.24, 2.45) is 0 Å². The number of carbonyl (C=O) groups is 2. The Morgan fingerprint density at radius 1 is 0.969 bits per heavy atom. The zero-order chi connectivity index (χ0) is 22.8. The van der Waals surface area contributed by atoms with Gasteiger partial charge in [-0.15, -0.1) is 0 Å². The molecule has 1 heterocycles. The summed E-state index contributed by atoms with van der Waals surface area (Å²) < 4.78 is 0. The van der Waals surface area contributed by atoms with E-state index in [9.17, 15) is 9.59 Å². The average Bonchev–Trinajstić information content (AvgIpc) is 2.92. The third-order valence-corrected chi connectivity index (χ3v) is 6.08. The van der Waals surface area contributed by atoms with Crippen LogP contribution >= 0.6 is 11.6 Å². The molecular weight excluding hydrogens is 420 g/mol. The fourth-order valence-corrected chi connectivity index (χ4v) is 4.27. The molecule has 0 aliphatic carbocycles.